The van der Waals surface area contributed by atoms with Crippen LogP contribution in [0.2, 0.25) is 0 Å². The Morgan fingerprint density at radius 2 is 2.03 bits per heavy atom. The number of anilines is 1. The molecule has 29 heavy (non-hydrogen) atoms. The number of fused-ring (bicyclic) bond motifs is 1. The summed E-state index contributed by atoms with van der Waals surface area (Å²) in [5.41, 5.74) is 4.06. The first-order valence-corrected chi connectivity index (χ1v) is 10.2. The second kappa shape index (κ2) is 11.2. The first kappa shape index (κ1) is 22.4. The minimum absolute atomic E-state index is 0.115. The normalized spacial score (nSPS) is 14.7. The molecule has 0 radical (unpaired) electrons. The Kier molecular flexibility index (Phi) is 8.65. The van der Waals surface area contributed by atoms with Crippen LogP contribution in [0.15, 0.2) is 30.5 Å². The van der Waals surface area contributed by atoms with E-state index in [0.717, 1.165) is 40.8 Å². The van der Waals surface area contributed by atoms with Gasteiger partial charge in [0.25, 0.3) is 0 Å². The van der Waals surface area contributed by atoms with Crippen molar-refractivity contribution in [2.24, 2.45) is 5.92 Å². The van der Waals surface area contributed by atoms with Crippen LogP contribution < -0.4 is 10.1 Å². The number of rotatable bonds is 7. The SMILES string of the molecule is CC.CCOC(=O)C1CCc2c(cnc(NCc3ccc(OC)cc3)c2C=N)C1. The fourth-order valence-corrected chi connectivity index (χ4v) is 3.45. The fraction of sp³-hybridized carbons (Fsp3) is 0.435. The molecule has 0 aliphatic heterocycles. The highest BCUT2D eigenvalue weighted by Crippen LogP contribution is 2.30. The summed E-state index contributed by atoms with van der Waals surface area (Å²) in [6, 6.07) is 7.84. The minimum Gasteiger partial charge on any atom is -0.497 e. The number of aromatic nitrogens is 1. The standard InChI is InChI=1S/C21H25N3O3.C2H6/c1-3-27-21(25)15-6-9-18-16(10-15)13-24-20(19(18)11-22)23-12-14-4-7-17(26-2)8-5-14;1-2/h4-5,7-8,11,13,15,22H,3,6,9-10,12H2,1-2H3,(H,23,24);1-2H3. The summed E-state index contributed by atoms with van der Waals surface area (Å²) in [7, 11) is 1.65. The van der Waals surface area contributed by atoms with Gasteiger partial charge in [0.05, 0.1) is 19.6 Å². The average molecular weight is 398 g/mol. The molecule has 6 nitrogen and oxygen atoms in total. The number of pyridine rings is 1. The van der Waals surface area contributed by atoms with Gasteiger partial charge in [0.2, 0.25) is 0 Å². The highest BCUT2D eigenvalue weighted by molar-refractivity contribution is 5.87. The number of hydrogen-bond donors (Lipinski definition) is 2. The second-order valence-electron chi connectivity index (χ2n) is 6.56. The molecule has 1 heterocycles. The molecule has 6 heteroatoms. The van der Waals surface area contributed by atoms with E-state index in [1.807, 2.05) is 51.2 Å². The molecule has 156 valence electrons. The van der Waals surface area contributed by atoms with Crippen molar-refractivity contribution in [1.29, 1.82) is 5.41 Å². The van der Waals surface area contributed by atoms with Gasteiger partial charge in [-0.1, -0.05) is 26.0 Å². The molecule has 2 aromatic rings. The lowest BCUT2D eigenvalue weighted by atomic mass is 9.83. The topological polar surface area (TPSA) is 84.3 Å². The first-order chi connectivity index (χ1) is 14.2. The van der Waals surface area contributed by atoms with E-state index in [0.29, 0.717) is 25.4 Å². The number of carbonyl (C=O) groups is 1. The maximum atomic E-state index is 12.0. The van der Waals surface area contributed by atoms with Gasteiger partial charge in [-0.15, -0.1) is 0 Å². The zero-order chi connectivity index (χ0) is 21.2. The number of esters is 1. The second-order valence-corrected chi connectivity index (χ2v) is 6.56. The first-order valence-electron chi connectivity index (χ1n) is 10.2. The Balaban J connectivity index is 0.00000145. The van der Waals surface area contributed by atoms with E-state index in [1.165, 1.54) is 6.21 Å². The quantitative estimate of drug-likeness (QED) is 0.534. The number of hydrogen-bond acceptors (Lipinski definition) is 6. The summed E-state index contributed by atoms with van der Waals surface area (Å²) >= 11 is 0. The Bertz CT molecular complexity index is 819. The molecule has 1 aromatic heterocycles. The van der Waals surface area contributed by atoms with Crippen molar-refractivity contribution >= 4 is 18.0 Å². The van der Waals surface area contributed by atoms with E-state index < -0.39 is 0 Å². The van der Waals surface area contributed by atoms with Crippen molar-refractivity contribution in [3.05, 3.63) is 52.7 Å². The van der Waals surface area contributed by atoms with Gasteiger partial charge in [0.15, 0.2) is 0 Å². The average Bonchev–Trinajstić information content (AvgIpc) is 2.78. The van der Waals surface area contributed by atoms with Gasteiger partial charge in [0, 0.05) is 24.5 Å². The zero-order valence-corrected chi connectivity index (χ0v) is 17.7. The molecule has 1 aromatic carbocycles. The molecule has 0 fully saturated rings. The van der Waals surface area contributed by atoms with E-state index in [-0.39, 0.29) is 11.9 Å². The molecule has 0 spiro atoms. The van der Waals surface area contributed by atoms with Crippen molar-refractivity contribution < 1.29 is 14.3 Å². The molecule has 2 N–H and O–H groups in total. The minimum atomic E-state index is -0.138. The van der Waals surface area contributed by atoms with Crippen LogP contribution >= 0.6 is 0 Å². The van der Waals surface area contributed by atoms with E-state index >= 15 is 0 Å². The van der Waals surface area contributed by atoms with Crippen LogP contribution in [0, 0.1) is 11.3 Å². The number of carbonyl (C=O) groups excluding carboxylic acids is 1. The number of methoxy groups -OCH3 is 1. The van der Waals surface area contributed by atoms with Gasteiger partial charge in [-0.25, -0.2) is 4.98 Å². The van der Waals surface area contributed by atoms with Crippen LogP contribution in [-0.2, 0) is 28.9 Å². The Hall–Kier alpha value is -2.89. The van der Waals surface area contributed by atoms with Crippen LogP contribution in [-0.4, -0.2) is 30.9 Å². The van der Waals surface area contributed by atoms with Gasteiger partial charge < -0.3 is 20.2 Å². The molecule has 1 atom stereocenters. The number of nitrogens with one attached hydrogen (secondary N) is 2. The monoisotopic (exact) mass is 397 g/mol. The molecule has 0 saturated carbocycles. The fourth-order valence-electron chi connectivity index (χ4n) is 3.45. The van der Waals surface area contributed by atoms with E-state index in [1.54, 1.807) is 7.11 Å². The Labute approximate surface area is 173 Å². The summed E-state index contributed by atoms with van der Waals surface area (Å²) in [6.45, 7) is 6.84. The number of ether oxygens (including phenoxy) is 2. The van der Waals surface area contributed by atoms with Crippen molar-refractivity contribution in [2.45, 2.75) is 46.6 Å². The van der Waals surface area contributed by atoms with Crippen molar-refractivity contribution in [3.63, 3.8) is 0 Å². The summed E-state index contributed by atoms with van der Waals surface area (Å²) < 4.78 is 10.3. The third kappa shape index (κ3) is 5.56. The highest BCUT2D eigenvalue weighted by Gasteiger charge is 2.28. The maximum Gasteiger partial charge on any atom is 0.309 e. The van der Waals surface area contributed by atoms with Crippen LogP contribution in [0.4, 0.5) is 5.82 Å². The third-order valence-electron chi connectivity index (χ3n) is 4.91. The largest absolute Gasteiger partial charge is 0.497 e. The Morgan fingerprint density at radius 1 is 1.31 bits per heavy atom. The van der Waals surface area contributed by atoms with Crippen molar-refractivity contribution in [1.82, 2.24) is 4.98 Å². The molecular formula is C23H31N3O3. The van der Waals surface area contributed by atoms with E-state index in [4.69, 9.17) is 14.9 Å². The molecule has 1 aliphatic rings. The Morgan fingerprint density at radius 3 is 2.66 bits per heavy atom. The summed E-state index contributed by atoms with van der Waals surface area (Å²) in [5.74, 6) is 1.27. The van der Waals surface area contributed by atoms with Gasteiger partial charge in [-0.2, -0.15) is 0 Å². The molecule has 0 saturated heterocycles. The molecule has 3 rings (SSSR count). The highest BCUT2D eigenvalue weighted by atomic mass is 16.5. The third-order valence-corrected chi connectivity index (χ3v) is 4.91. The summed E-state index contributed by atoms with van der Waals surface area (Å²) in [5, 5.41) is 11.2. The number of nitrogens with zero attached hydrogens (tertiary/aromatic N) is 1. The molecule has 1 aliphatic carbocycles. The van der Waals surface area contributed by atoms with Gasteiger partial charge in [-0.05, 0) is 55.0 Å². The van der Waals surface area contributed by atoms with Crippen LogP contribution in [0.25, 0.3) is 0 Å². The van der Waals surface area contributed by atoms with E-state index in [2.05, 4.69) is 10.3 Å². The lowest BCUT2D eigenvalue weighted by Gasteiger charge is -2.25. The van der Waals surface area contributed by atoms with Crippen molar-refractivity contribution in [3.8, 4) is 5.75 Å². The van der Waals surface area contributed by atoms with Gasteiger partial charge >= 0.3 is 5.97 Å². The van der Waals surface area contributed by atoms with Crippen LogP contribution in [0.1, 0.15) is 49.4 Å². The lowest BCUT2D eigenvalue weighted by Crippen LogP contribution is -2.26. The zero-order valence-electron chi connectivity index (χ0n) is 17.7. The predicted octanol–water partition coefficient (Wildman–Crippen LogP) is 4.39. The van der Waals surface area contributed by atoms with Gasteiger partial charge in [-0.3, -0.25) is 4.79 Å². The molecule has 1 unspecified atom stereocenters. The maximum absolute atomic E-state index is 12.0. The summed E-state index contributed by atoms with van der Waals surface area (Å²) in [4.78, 5) is 16.5. The smallest absolute Gasteiger partial charge is 0.309 e. The lowest BCUT2D eigenvalue weighted by molar-refractivity contribution is -0.148. The molecular weight excluding hydrogens is 366 g/mol. The van der Waals surface area contributed by atoms with Gasteiger partial charge in [0.1, 0.15) is 11.6 Å². The number of benzene rings is 1. The molecule has 0 bridgehead atoms. The molecule has 0 amide bonds. The van der Waals surface area contributed by atoms with E-state index in [9.17, 15) is 4.79 Å². The summed E-state index contributed by atoms with van der Waals surface area (Å²) in [6.07, 6.45) is 5.30. The van der Waals surface area contributed by atoms with Crippen LogP contribution in [0.3, 0.4) is 0 Å². The predicted molar refractivity (Wildman–Crippen MR) is 116 cm³/mol. The van der Waals surface area contributed by atoms with Crippen LogP contribution in [0.5, 0.6) is 5.75 Å². The van der Waals surface area contributed by atoms with Crippen molar-refractivity contribution in [2.75, 3.05) is 19.0 Å².